The average molecular weight is 703 g/mol. The summed E-state index contributed by atoms with van der Waals surface area (Å²) in [5.41, 5.74) is 0. The van der Waals surface area contributed by atoms with Gasteiger partial charge < -0.3 is 14.2 Å². The Balaban J connectivity index is 4.09. The molecule has 0 aliphatic rings. The van der Waals surface area contributed by atoms with E-state index in [0.717, 1.165) is 70.6 Å². The Morgan fingerprint density at radius 1 is 0.460 bits per heavy atom. The molecule has 0 bridgehead atoms. The molecule has 1 atom stereocenters. The molecular weight excluding hydrogens is 620 g/mol. The summed E-state index contributed by atoms with van der Waals surface area (Å²) in [5.74, 6) is -0.424. The Hall–Kier alpha value is -1.88. The van der Waals surface area contributed by atoms with Gasteiger partial charge in [-0.3, -0.25) is 9.59 Å². The minimum absolute atomic E-state index is 0.0795. The first-order valence-electron chi connectivity index (χ1n) is 21.5. The summed E-state index contributed by atoms with van der Waals surface area (Å²) in [6, 6.07) is 0. The van der Waals surface area contributed by atoms with E-state index in [4.69, 9.17) is 14.2 Å². The third-order valence-corrected chi connectivity index (χ3v) is 9.19. The van der Waals surface area contributed by atoms with E-state index in [9.17, 15) is 9.59 Å². The number of ether oxygens (including phenoxy) is 3. The highest BCUT2D eigenvalue weighted by molar-refractivity contribution is 5.70. The van der Waals surface area contributed by atoms with Crippen molar-refractivity contribution in [2.24, 2.45) is 0 Å². The molecule has 0 N–H and O–H groups in total. The molecule has 292 valence electrons. The number of carbonyl (C=O) groups excluding carboxylic acids is 2. The molecule has 0 fully saturated rings. The van der Waals surface area contributed by atoms with E-state index in [1.54, 1.807) is 0 Å². The first-order chi connectivity index (χ1) is 24.6. The van der Waals surface area contributed by atoms with Crippen LogP contribution in [0.4, 0.5) is 0 Å². The van der Waals surface area contributed by atoms with E-state index < -0.39 is 6.10 Å². The summed E-state index contributed by atoms with van der Waals surface area (Å²) >= 11 is 0. The molecule has 0 aromatic rings. The lowest BCUT2D eigenvalue weighted by atomic mass is 10.0. The largest absolute Gasteiger partial charge is 0.462 e. The third-order valence-electron chi connectivity index (χ3n) is 9.19. The SMILES string of the molecule is CC/C=C\C/C=C\C/C=C\CCCCCCCC(=O)OCC(COCCCCCCCCCCCCCCCC)OC(=O)CCCCCCC. The molecule has 5 nitrogen and oxygen atoms in total. The van der Waals surface area contributed by atoms with Crippen LogP contribution >= 0.6 is 0 Å². The molecule has 50 heavy (non-hydrogen) atoms. The van der Waals surface area contributed by atoms with E-state index in [1.165, 1.54) is 109 Å². The Kier molecular flexibility index (Phi) is 40.0. The van der Waals surface area contributed by atoms with Crippen molar-refractivity contribution in [2.45, 2.75) is 219 Å². The second-order valence-corrected chi connectivity index (χ2v) is 14.2. The molecule has 0 aromatic carbocycles. The van der Waals surface area contributed by atoms with Gasteiger partial charge in [-0.2, -0.15) is 0 Å². The number of unbranched alkanes of at least 4 members (excludes halogenated alkanes) is 22. The Morgan fingerprint density at radius 2 is 0.900 bits per heavy atom. The molecule has 0 radical (unpaired) electrons. The third kappa shape index (κ3) is 38.9. The van der Waals surface area contributed by atoms with Crippen LogP contribution in [0.1, 0.15) is 213 Å². The predicted octanol–water partition coefficient (Wildman–Crippen LogP) is 13.9. The van der Waals surface area contributed by atoms with Gasteiger partial charge in [0, 0.05) is 19.4 Å². The van der Waals surface area contributed by atoms with E-state index >= 15 is 0 Å². The second-order valence-electron chi connectivity index (χ2n) is 14.2. The molecule has 0 aliphatic heterocycles. The van der Waals surface area contributed by atoms with Crippen molar-refractivity contribution in [1.29, 1.82) is 0 Å². The first-order valence-corrected chi connectivity index (χ1v) is 21.5. The molecule has 0 rings (SSSR count). The maximum atomic E-state index is 12.5. The zero-order chi connectivity index (χ0) is 36.4. The maximum Gasteiger partial charge on any atom is 0.306 e. The van der Waals surface area contributed by atoms with Crippen molar-refractivity contribution < 1.29 is 23.8 Å². The molecule has 0 heterocycles. The highest BCUT2D eigenvalue weighted by Crippen LogP contribution is 2.14. The molecule has 0 aromatic heterocycles. The Bertz CT molecular complexity index is 801. The van der Waals surface area contributed by atoms with Gasteiger partial charge in [-0.15, -0.1) is 0 Å². The second kappa shape index (κ2) is 41.5. The molecule has 5 heteroatoms. The van der Waals surface area contributed by atoms with Gasteiger partial charge in [0.25, 0.3) is 0 Å². The van der Waals surface area contributed by atoms with Gasteiger partial charge in [0.1, 0.15) is 6.61 Å². The minimum Gasteiger partial charge on any atom is -0.462 e. The van der Waals surface area contributed by atoms with Gasteiger partial charge in [-0.05, 0) is 51.4 Å². The molecule has 1 unspecified atom stereocenters. The lowest BCUT2D eigenvalue weighted by molar-refractivity contribution is -0.163. The van der Waals surface area contributed by atoms with Crippen LogP contribution in [-0.2, 0) is 23.8 Å². The van der Waals surface area contributed by atoms with Crippen LogP contribution in [0.5, 0.6) is 0 Å². The zero-order valence-corrected chi connectivity index (χ0v) is 33.4. The Labute approximate surface area is 310 Å². The maximum absolute atomic E-state index is 12.5. The van der Waals surface area contributed by atoms with Crippen LogP contribution in [0, 0.1) is 0 Å². The van der Waals surface area contributed by atoms with Crippen LogP contribution in [-0.4, -0.2) is 37.9 Å². The highest BCUT2D eigenvalue weighted by Gasteiger charge is 2.17. The summed E-state index contributed by atoms with van der Waals surface area (Å²) in [6.45, 7) is 7.64. The number of allylic oxidation sites excluding steroid dienone is 6. The van der Waals surface area contributed by atoms with Gasteiger partial charge in [-0.1, -0.05) is 186 Å². The van der Waals surface area contributed by atoms with Crippen molar-refractivity contribution in [1.82, 2.24) is 0 Å². The normalized spacial score (nSPS) is 12.5. The standard InChI is InChI=1S/C45H82O5/c1-4-7-10-13-15-17-19-21-23-24-26-28-30-33-35-38-44(46)49-42-43(50-45(47)39-36-32-12-9-6-3)41-48-40-37-34-31-29-27-25-22-20-18-16-14-11-8-5-2/h7,10,15,17,21,23,43H,4-6,8-9,11-14,16,18-20,22,24-42H2,1-3H3/b10-7-,17-15-,23-21-. The molecule has 0 spiro atoms. The van der Waals surface area contributed by atoms with Crippen LogP contribution in [0.25, 0.3) is 0 Å². The van der Waals surface area contributed by atoms with Crippen LogP contribution in [0.3, 0.4) is 0 Å². The molecule has 0 amide bonds. The van der Waals surface area contributed by atoms with E-state index in [2.05, 4.69) is 57.2 Å². The Morgan fingerprint density at radius 3 is 1.44 bits per heavy atom. The van der Waals surface area contributed by atoms with Crippen LogP contribution < -0.4 is 0 Å². The number of rotatable bonds is 39. The van der Waals surface area contributed by atoms with E-state index in [0.29, 0.717) is 19.4 Å². The van der Waals surface area contributed by atoms with Crippen molar-refractivity contribution in [3.8, 4) is 0 Å². The summed E-state index contributed by atoms with van der Waals surface area (Å²) in [7, 11) is 0. The fraction of sp³-hybridized carbons (Fsp3) is 0.822. The van der Waals surface area contributed by atoms with Crippen molar-refractivity contribution in [3.05, 3.63) is 36.5 Å². The molecular formula is C45H82O5. The lowest BCUT2D eigenvalue weighted by Crippen LogP contribution is -2.30. The monoisotopic (exact) mass is 703 g/mol. The predicted molar refractivity (Wildman–Crippen MR) is 215 cm³/mol. The zero-order valence-electron chi connectivity index (χ0n) is 33.4. The number of hydrogen-bond donors (Lipinski definition) is 0. The lowest BCUT2D eigenvalue weighted by Gasteiger charge is -2.18. The summed E-state index contributed by atoms with van der Waals surface area (Å²) in [4.78, 5) is 24.9. The van der Waals surface area contributed by atoms with Gasteiger partial charge in [0.15, 0.2) is 6.10 Å². The summed E-state index contributed by atoms with van der Waals surface area (Å²) in [5, 5.41) is 0. The smallest absolute Gasteiger partial charge is 0.306 e. The van der Waals surface area contributed by atoms with Gasteiger partial charge in [0.2, 0.25) is 0 Å². The van der Waals surface area contributed by atoms with Crippen LogP contribution in [0.2, 0.25) is 0 Å². The van der Waals surface area contributed by atoms with Crippen LogP contribution in [0.15, 0.2) is 36.5 Å². The van der Waals surface area contributed by atoms with E-state index in [-0.39, 0.29) is 25.2 Å². The summed E-state index contributed by atoms with van der Waals surface area (Å²) < 4.78 is 17.2. The van der Waals surface area contributed by atoms with Gasteiger partial charge >= 0.3 is 11.9 Å². The number of carbonyl (C=O) groups is 2. The fourth-order valence-corrected chi connectivity index (χ4v) is 5.99. The number of esters is 2. The topological polar surface area (TPSA) is 61.8 Å². The highest BCUT2D eigenvalue weighted by atomic mass is 16.6. The molecule has 0 aliphatic carbocycles. The molecule has 0 saturated carbocycles. The first kappa shape index (κ1) is 48.1. The van der Waals surface area contributed by atoms with Crippen molar-refractivity contribution in [3.63, 3.8) is 0 Å². The van der Waals surface area contributed by atoms with Gasteiger partial charge in [-0.25, -0.2) is 0 Å². The van der Waals surface area contributed by atoms with Gasteiger partial charge in [0.05, 0.1) is 6.61 Å². The van der Waals surface area contributed by atoms with E-state index in [1.807, 2.05) is 0 Å². The quantitative estimate of drug-likeness (QED) is 0.0362. The van der Waals surface area contributed by atoms with Crippen molar-refractivity contribution >= 4 is 11.9 Å². The van der Waals surface area contributed by atoms with Crippen molar-refractivity contribution in [2.75, 3.05) is 19.8 Å². The fourth-order valence-electron chi connectivity index (χ4n) is 5.99. The minimum atomic E-state index is -0.532. The average Bonchev–Trinajstić information content (AvgIpc) is 3.11. The summed E-state index contributed by atoms with van der Waals surface area (Å²) in [6.07, 6.45) is 47.3. The molecule has 0 saturated heterocycles. The number of hydrogen-bond acceptors (Lipinski definition) is 5.